The molecule has 0 aromatic heterocycles. The number of carbonyl (C=O) groups is 1. The Balaban J connectivity index is 0.00000280. The number of benzene rings is 2. The van der Waals surface area contributed by atoms with Crippen LogP contribution in [0, 0.1) is 0 Å². The molecule has 0 radical (unpaired) electrons. The van der Waals surface area contributed by atoms with E-state index in [1.165, 1.54) is 16.4 Å². The van der Waals surface area contributed by atoms with Gasteiger partial charge in [0.25, 0.3) is 0 Å². The Morgan fingerprint density at radius 2 is 1.79 bits per heavy atom. The Kier molecular flexibility index (Phi) is 7.97. The summed E-state index contributed by atoms with van der Waals surface area (Å²) in [6, 6.07) is 15.2. The van der Waals surface area contributed by atoms with Crippen molar-refractivity contribution in [2.75, 3.05) is 31.6 Å². The van der Waals surface area contributed by atoms with Gasteiger partial charge in [-0.05, 0) is 23.8 Å². The van der Waals surface area contributed by atoms with Gasteiger partial charge in [0.2, 0.25) is 15.9 Å². The summed E-state index contributed by atoms with van der Waals surface area (Å²) in [5, 5.41) is 2.73. The molecule has 7 nitrogen and oxygen atoms in total. The van der Waals surface area contributed by atoms with Crippen molar-refractivity contribution in [1.29, 1.82) is 0 Å². The predicted molar refractivity (Wildman–Crippen MR) is 110 cm³/mol. The second-order valence-corrected chi connectivity index (χ2v) is 8.25. The molecule has 1 saturated heterocycles. The van der Waals surface area contributed by atoms with Gasteiger partial charge in [-0.15, -0.1) is 12.4 Å². The van der Waals surface area contributed by atoms with E-state index >= 15 is 0 Å². The maximum Gasteiger partial charge on any atom is 0.243 e. The van der Waals surface area contributed by atoms with Crippen LogP contribution in [0.15, 0.2) is 59.5 Å². The molecule has 1 aliphatic rings. The summed E-state index contributed by atoms with van der Waals surface area (Å²) in [6.45, 7) is 1.41. The fourth-order valence-corrected chi connectivity index (χ4v) is 4.35. The summed E-state index contributed by atoms with van der Waals surface area (Å²) in [6.07, 6.45) is 0.102. The first kappa shape index (κ1) is 22.3. The standard InChI is InChI=1S/C19H23N3O4S.ClH/c20-18(15-5-2-1-3-6-15)14-19(23)21-16-7-4-8-17(13-16)27(24,25)22-9-11-26-12-10-22;/h1-8,13,18H,9-12,14,20H2,(H,21,23);1H. The molecule has 0 spiro atoms. The van der Waals surface area contributed by atoms with Crippen molar-refractivity contribution in [3.8, 4) is 0 Å². The third-order valence-electron chi connectivity index (χ3n) is 4.36. The number of morpholine rings is 1. The minimum atomic E-state index is -3.61. The Hall–Kier alpha value is -1.97. The van der Waals surface area contributed by atoms with E-state index in [0.717, 1.165) is 5.56 Å². The molecule has 3 rings (SSSR count). The maximum absolute atomic E-state index is 12.7. The first-order valence-electron chi connectivity index (χ1n) is 8.75. The molecule has 28 heavy (non-hydrogen) atoms. The molecular weight excluding hydrogens is 402 g/mol. The molecule has 0 bridgehead atoms. The lowest BCUT2D eigenvalue weighted by Crippen LogP contribution is -2.40. The van der Waals surface area contributed by atoms with Crippen molar-refractivity contribution in [2.45, 2.75) is 17.4 Å². The zero-order valence-corrected chi connectivity index (χ0v) is 16.9. The fraction of sp³-hybridized carbons (Fsp3) is 0.316. The third-order valence-corrected chi connectivity index (χ3v) is 6.25. The molecule has 1 amide bonds. The molecule has 3 N–H and O–H groups in total. The number of nitrogens with zero attached hydrogens (tertiary/aromatic N) is 1. The number of halogens is 1. The number of amides is 1. The Morgan fingerprint density at radius 3 is 2.46 bits per heavy atom. The lowest BCUT2D eigenvalue weighted by atomic mass is 10.0. The number of hydrogen-bond acceptors (Lipinski definition) is 5. The summed E-state index contributed by atoms with van der Waals surface area (Å²) >= 11 is 0. The van der Waals surface area contributed by atoms with Gasteiger partial charge in [-0.1, -0.05) is 36.4 Å². The largest absolute Gasteiger partial charge is 0.379 e. The van der Waals surface area contributed by atoms with E-state index in [-0.39, 0.29) is 29.6 Å². The Labute approximate surface area is 171 Å². The van der Waals surface area contributed by atoms with Crippen LogP contribution in [0.25, 0.3) is 0 Å². The molecule has 2 aromatic carbocycles. The molecule has 1 atom stereocenters. The van der Waals surface area contributed by atoms with Crippen LogP contribution >= 0.6 is 12.4 Å². The summed E-state index contributed by atoms with van der Waals surface area (Å²) < 4.78 is 32.0. The Morgan fingerprint density at radius 1 is 1.11 bits per heavy atom. The second kappa shape index (κ2) is 9.99. The monoisotopic (exact) mass is 425 g/mol. The van der Waals surface area contributed by atoms with Gasteiger partial charge in [-0.3, -0.25) is 4.79 Å². The van der Waals surface area contributed by atoms with Crippen molar-refractivity contribution < 1.29 is 17.9 Å². The molecular formula is C19H24ClN3O4S. The van der Waals surface area contributed by atoms with E-state index in [1.54, 1.807) is 12.1 Å². The van der Waals surface area contributed by atoms with Crippen LogP contribution in [0.2, 0.25) is 0 Å². The van der Waals surface area contributed by atoms with Gasteiger partial charge in [0, 0.05) is 31.2 Å². The highest BCUT2D eigenvalue weighted by Crippen LogP contribution is 2.21. The van der Waals surface area contributed by atoms with Crippen molar-refractivity contribution in [1.82, 2.24) is 4.31 Å². The van der Waals surface area contributed by atoms with Crippen molar-refractivity contribution in [3.63, 3.8) is 0 Å². The van der Waals surface area contributed by atoms with E-state index in [1.807, 2.05) is 30.3 Å². The SMILES string of the molecule is Cl.NC(CC(=O)Nc1cccc(S(=O)(=O)N2CCOCC2)c1)c1ccccc1. The van der Waals surface area contributed by atoms with Gasteiger partial charge in [-0.2, -0.15) is 4.31 Å². The fourth-order valence-electron chi connectivity index (χ4n) is 2.90. The summed E-state index contributed by atoms with van der Waals surface area (Å²) in [4.78, 5) is 12.4. The molecule has 1 heterocycles. The summed E-state index contributed by atoms with van der Waals surface area (Å²) in [7, 11) is -3.61. The number of sulfonamides is 1. The molecule has 1 fully saturated rings. The first-order chi connectivity index (χ1) is 13.0. The van der Waals surface area contributed by atoms with E-state index in [0.29, 0.717) is 32.0 Å². The summed E-state index contributed by atoms with van der Waals surface area (Å²) in [5.74, 6) is -0.271. The number of carbonyl (C=O) groups excluding carboxylic acids is 1. The molecule has 0 saturated carbocycles. The number of hydrogen-bond donors (Lipinski definition) is 2. The van der Waals surface area contributed by atoms with Gasteiger partial charge in [-0.25, -0.2) is 8.42 Å². The molecule has 0 aliphatic carbocycles. The number of rotatable bonds is 6. The van der Waals surface area contributed by atoms with Crippen LogP contribution in [0.3, 0.4) is 0 Å². The van der Waals surface area contributed by atoms with E-state index in [4.69, 9.17) is 10.5 Å². The van der Waals surface area contributed by atoms with Crippen molar-refractivity contribution in [2.24, 2.45) is 5.73 Å². The topological polar surface area (TPSA) is 102 Å². The quantitative estimate of drug-likeness (QED) is 0.738. The second-order valence-electron chi connectivity index (χ2n) is 6.31. The van der Waals surface area contributed by atoms with E-state index in [2.05, 4.69) is 5.32 Å². The lowest BCUT2D eigenvalue weighted by Gasteiger charge is -2.26. The lowest BCUT2D eigenvalue weighted by molar-refractivity contribution is -0.116. The van der Waals surface area contributed by atoms with Gasteiger partial charge in [0.15, 0.2) is 0 Å². The van der Waals surface area contributed by atoms with Crippen LogP contribution in [0.4, 0.5) is 5.69 Å². The van der Waals surface area contributed by atoms with Gasteiger partial charge >= 0.3 is 0 Å². The van der Waals surface area contributed by atoms with Gasteiger partial charge in [0.1, 0.15) is 0 Å². The predicted octanol–water partition coefficient (Wildman–Crippen LogP) is 2.16. The molecule has 9 heteroatoms. The van der Waals surface area contributed by atoms with Crippen LogP contribution in [0.5, 0.6) is 0 Å². The highest BCUT2D eigenvalue weighted by molar-refractivity contribution is 7.89. The average Bonchev–Trinajstić information content (AvgIpc) is 2.69. The average molecular weight is 426 g/mol. The number of ether oxygens (including phenoxy) is 1. The normalized spacial score (nSPS) is 16.0. The van der Waals surface area contributed by atoms with E-state index in [9.17, 15) is 13.2 Å². The Bertz CT molecular complexity index is 887. The highest BCUT2D eigenvalue weighted by atomic mass is 35.5. The molecule has 2 aromatic rings. The van der Waals surface area contributed by atoms with Crippen LogP contribution in [-0.4, -0.2) is 44.9 Å². The third kappa shape index (κ3) is 5.52. The number of anilines is 1. The van der Waals surface area contributed by atoms with Gasteiger partial charge in [0.05, 0.1) is 18.1 Å². The zero-order valence-electron chi connectivity index (χ0n) is 15.3. The van der Waals surface area contributed by atoms with Crippen LogP contribution in [0.1, 0.15) is 18.0 Å². The molecule has 1 aliphatic heterocycles. The minimum absolute atomic E-state index is 0. The van der Waals surface area contributed by atoms with Crippen molar-refractivity contribution >= 4 is 34.0 Å². The highest BCUT2D eigenvalue weighted by Gasteiger charge is 2.26. The first-order valence-corrected chi connectivity index (χ1v) is 10.2. The number of nitrogens with two attached hydrogens (primary N) is 1. The number of nitrogens with one attached hydrogen (secondary N) is 1. The minimum Gasteiger partial charge on any atom is -0.379 e. The smallest absolute Gasteiger partial charge is 0.243 e. The van der Waals surface area contributed by atoms with E-state index < -0.39 is 16.1 Å². The molecule has 152 valence electrons. The molecule has 1 unspecified atom stereocenters. The maximum atomic E-state index is 12.7. The van der Waals surface area contributed by atoms with Gasteiger partial charge < -0.3 is 15.8 Å². The van der Waals surface area contributed by atoms with Crippen LogP contribution < -0.4 is 11.1 Å². The summed E-state index contributed by atoms with van der Waals surface area (Å²) in [5.41, 5.74) is 7.37. The zero-order chi connectivity index (χ0) is 19.3. The van der Waals surface area contributed by atoms with Crippen molar-refractivity contribution in [3.05, 3.63) is 60.2 Å². The van der Waals surface area contributed by atoms with Crippen LogP contribution in [-0.2, 0) is 19.6 Å².